The smallest absolute Gasteiger partial charge is 0.231 e. The second kappa shape index (κ2) is 4.78. The molecule has 0 bridgehead atoms. The maximum atomic E-state index is 6.08. The normalized spacial score (nSPS) is 12.5. The Balaban J connectivity index is 1.72. The Hall–Kier alpha value is -1.87. The third kappa shape index (κ3) is 2.22. The minimum absolute atomic E-state index is 0.302. The molecule has 0 saturated heterocycles. The molecule has 92 valence electrons. The molecule has 18 heavy (non-hydrogen) atoms. The van der Waals surface area contributed by atoms with E-state index in [9.17, 15) is 0 Å². The molecule has 4 heteroatoms. The van der Waals surface area contributed by atoms with E-state index in [-0.39, 0.29) is 0 Å². The van der Waals surface area contributed by atoms with Crippen molar-refractivity contribution < 1.29 is 9.47 Å². The summed E-state index contributed by atoms with van der Waals surface area (Å²) in [5.41, 5.74) is 2.05. The molecule has 1 heterocycles. The molecule has 1 aliphatic rings. The Morgan fingerprint density at radius 3 is 2.78 bits per heavy atom. The zero-order valence-corrected chi connectivity index (χ0v) is 10.4. The molecule has 0 unspecified atom stereocenters. The van der Waals surface area contributed by atoms with Crippen molar-refractivity contribution in [3.05, 3.63) is 53.1 Å². The molecular weight excluding hydrogens is 250 g/mol. The fourth-order valence-corrected chi connectivity index (χ4v) is 2.06. The molecule has 0 radical (unpaired) electrons. The van der Waals surface area contributed by atoms with Crippen LogP contribution in [0.2, 0.25) is 5.02 Å². The number of para-hydroxylation sites is 1. The summed E-state index contributed by atoms with van der Waals surface area (Å²) in [4.78, 5) is 0. The van der Waals surface area contributed by atoms with Crippen molar-refractivity contribution in [3.8, 4) is 11.5 Å². The van der Waals surface area contributed by atoms with E-state index in [1.165, 1.54) is 0 Å². The summed E-state index contributed by atoms with van der Waals surface area (Å²) in [5, 5.41) is 4.01. The summed E-state index contributed by atoms with van der Waals surface area (Å²) in [6, 6.07) is 13.6. The van der Waals surface area contributed by atoms with Gasteiger partial charge in [0.05, 0.1) is 10.7 Å². The zero-order chi connectivity index (χ0) is 12.4. The van der Waals surface area contributed by atoms with Crippen LogP contribution < -0.4 is 14.8 Å². The molecule has 0 amide bonds. The highest BCUT2D eigenvalue weighted by atomic mass is 35.5. The number of rotatable bonds is 3. The van der Waals surface area contributed by atoms with Crippen LogP contribution >= 0.6 is 11.6 Å². The summed E-state index contributed by atoms with van der Waals surface area (Å²) in [6.07, 6.45) is 0. The van der Waals surface area contributed by atoms with Crippen LogP contribution in [0, 0.1) is 0 Å². The first-order valence-electron chi connectivity index (χ1n) is 5.70. The van der Waals surface area contributed by atoms with Crippen molar-refractivity contribution in [2.45, 2.75) is 6.54 Å². The summed E-state index contributed by atoms with van der Waals surface area (Å²) in [6.45, 7) is 0.997. The molecule has 0 aromatic heterocycles. The van der Waals surface area contributed by atoms with Gasteiger partial charge in [-0.05, 0) is 29.8 Å². The molecule has 0 aliphatic carbocycles. The van der Waals surface area contributed by atoms with Gasteiger partial charge in [-0.15, -0.1) is 0 Å². The minimum atomic E-state index is 0.302. The van der Waals surface area contributed by atoms with E-state index in [0.717, 1.165) is 27.8 Å². The van der Waals surface area contributed by atoms with Crippen LogP contribution in [0.25, 0.3) is 0 Å². The average molecular weight is 262 g/mol. The largest absolute Gasteiger partial charge is 0.454 e. The van der Waals surface area contributed by atoms with E-state index in [4.69, 9.17) is 21.1 Å². The predicted molar refractivity (Wildman–Crippen MR) is 71.3 cm³/mol. The second-order valence-corrected chi connectivity index (χ2v) is 4.43. The second-order valence-electron chi connectivity index (χ2n) is 4.02. The molecular formula is C14H12ClNO2. The predicted octanol–water partition coefficient (Wildman–Crippen LogP) is 3.68. The van der Waals surface area contributed by atoms with Gasteiger partial charge >= 0.3 is 0 Å². The van der Waals surface area contributed by atoms with Gasteiger partial charge in [0.15, 0.2) is 11.5 Å². The highest BCUT2D eigenvalue weighted by Crippen LogP contribution is 2.32. The third-order valence-electron chi connectivity index (χ3n) is 2.79. The Morgan fingerprint density at radius 2 is 1.89 bits per heavy atom. The maximum absolute atomic E-state index is 6.08. The van der Waals surface area contributed by atoms with Crippen LogP contribution in [0.5, 0.6) is 11.5 Å². The minimum Gasteiger partial charge on any atom is -0.454 e. The van der Waals surface area contributed by atoms with E-state index in [0.29, 0.717) is 13.3 Å². The van der Waals surface area contributed by atoms with Crippen LogP contribution in [0.3, 0.4) is 0 Å². The summed E-state index contributed by atoms with van der Waals surface area (Å²) in [7, 11) is 0. The highest BCUT2D eigenvalue weighted by molar-refractivity contribution is 6.33. The van der Waals surface area contributed by atoms with E-state index in [1.807, 2.05) is 42.5 Å². The van der Waals surface area contributed by atoms with Gasteiger partial charge in [0.1, 0.15) is 0 Å². The summed E-state index contributed by atoms with van der Waals surface area (Å²) >= 11 is 6.08. The molecule has 1 aliphatic heterocycles. The molecule has 2 aromatic rings. The van der Waals surface area contributed by atoms with Crippen molar-refractivity contribution >= 4 is 17.3 Å². The van der Waals surface area contributed by atoms with Crippen molar-refractivity contribution in [2.24, 2.45) is 0 Å². The standard InChI is InChI=1S/C14H12ClNO2/c15-11-3-1-2-4-12(11)16-8-10-5-6-13-14(7-10)18-9-17-13/h1-7,16H,8-9H2. The van der Waals surface area contributed by atoms with Crippen LogP contribution in [0.4, 0.5) is 5.69 Å². The quantitative estimate of drug-likeness (QED) is 0.914. The van der Waals surface area contributed by atoms with Gasteiger partial charge in [0, 0.05) is 6.54 Å². The average Bonchev–Trinajstić information content (AvgIpc) is 2.85. The van der Waals surface area contributed by atoms with Crippen LogP contribution in [0.1, 0.15) is 5.56 Å². The lowest BCUT2D eigenvalue weighted by molar-refractivity contribution is 0.174. The van der Waals surface area contributed by atoms with Gasteiger partial charge in [0.2, 0.25) is 6.79 Å². The fourth-order valence-electron chi connectivity index (χ4n) is 1.85. The van der Waals surface area contributed by atoms with Gasteiger partial charge in [-0.25, -0.2) is 0 Å². The maximum Gasteiger partial charge on any atom is 0.231 e. The van der Waals surface area contributed by atoms with Crippen LogP contribution in [-0.4, -0.2) is 6.79 Å². The van der Waals surface area contributed by atoms with Crippen molar-refractivity contribution in [1.29, 1.82) is 0 Å². The SMILES string of the molecule is Clc1ccccc1NCc1ccc2c(c1)OCO2. The lowest BCUT2D eigenvalue weighted by atomic mass is 10.2. The Kier molecular flexibility index (Phi) is 2.99. The third-order valence-corrected chi connectivity index (χ3v) is 3.12. The first-order chi connectivity index (χ1) is 8.83. The molecule has 3 rings (SSSR count). The van der Waals surface area contributed by atoms with Crippen molar-refractivity contribution in [3.63, 3.8) is 0 Å². The number of hydrogen-bond acceptors (Lipinski definition) is 3. The zero-order valence-electron chi connectivity index (χ0n) is 9.65. The van der Waals surface area contributed by atoms with E-state index in [1.54, 1.807) is 0 Å². The number of hydrogen-bond donors (Lipinski definition) is 1. The van der Waals surface area contributed by atoms with Gasteiger partial charge in [-0.3, -0.25) is 0 Å². The number of fused-ring (bicyclic) bond motifs is 1. The summed E-state index contributed by atoms with van der Waals surface area (Å²) in [5.74, 6) is 1.60. The van der Waals surface area contributed by atoms with E-state index >= 15 is 0 Å². The fraction of sp³-hybridized carbons (Fsp3) is 0.143. The topological polar surface area (TPSA) is 30.5 Å². The van der Waals surface area contributed by atoms with Crippen LogP contribution in [0.15, 0.2) is 42.5 Å². The Labute approximate surface area is 110 Å². The molecule has 0 fully saturated rings. The molecule has 0 spiro atoms. The lowest BCUT2D eigenvalue weighted by Gasteiger charge is -2.08. The summed E-state index contributed by atoms with van der Waals surface area (Å²) < 4.78 is 10.6. The molecule has 0 atom stereocenters. The highest BCUT2D eigenvalue weighted by Gasteiger charge is 2.12. The first kappa shape index (κ1) is 11.2. The van der Waals surface area contributed by atoms with Gasteiger partial charge in [0.25, 0.3) is 0 Å². The molecule has 2 aromatic carbocycles. The molecule has 1 N–H and O–H groups in total. The van der Waals surface area contributed by atoms with Gasteiger partial charge < -0.3 is 14.8 Å². The number of nitrogens with one attached hydrogen (secondary N) is 1. The van der Waals surface area contributed by atoms with Crippen molar-refractivity contribution in [2.75, 3.05) is 12.1 Å². The van der Waals surface area contributed by atoms with E-state index in [2.05, 4.69) is 5.32 Å². The molecule has 0 saturated carbocycles. The monoisotopic (exact) mass is 261 g/mol. The van der Waals surface area contributed by atoms with Crippen LogP contribution in [-0.2, 0) is 6.54 Å². The van der Waals surface area contributed by atoms with Crippen molar-refractivity contribution in [1.82, 2.24) is 0 Å². The molecule has 3 nitrogen and oxygen atoms in total. The first-order valence-corrected chi connectivity index (χ1v) is 6.08. The number of benzene rings is 2. The number of halogens is 1. The number of ether oxygens (including phenoxy) is 2. The number of anilines is 1. The Bertz CT molecular complexity index is 571. The van der Waals surface area contributed by atoms with Gasteiger partial charge in [-0.2, -0.15) is 0 Å². The lowest BCUT2D eigenvalue weighted by Crippen LogP contribution is -1.99. The van der Waals surface area contributed by atoms with Gasteiger partial charge in [-0.1, -0.05) is 29.8 Å². The van der Waals surface area contributed by atoms with E-state index < -0.39 is 0 Å². The Morgan fingerprint density at radius 1 is 1.06 bits per heavy atom.